The van der Waals surface area contributed by atoms with Gasteiger partial charge in [-0.05, 0) is 127 Å². The number of pyridine rings is 2. The number of phenols is 1. The highest BCUT2D eigenvalue weighted by Gasteiger charge is 2.16. The SMILES string of the molecule is BrCc1ccccn1.CC(C)(C)OC(=O)CCCc1ccc(O)cc1.CC(C)(C)OC(=O)CCCc1ccc(OCc2ccccn2)cc1. The van der Waals surface area contributed by atoms with Gasteiger partial charge < -0.3 is 19.3 Å². The Morgan fingerprint density at radius 1 is 0.653 bits per heavy atom. The molecule has 0 aliphatic carbocycles. The molecule has 8 nitrogen and oxygen atoms in total. The molecule has 0 amide bonds. The van der Waals surface area contributed by atoms with Crippen molar-refractivity contribution in [3.8, 4) is 11.5 Å². The van der Waals surface area contributed by atoms with E-state index in [0.717, 1.165) is 53.7 Å². The second-order valence-electron chi connectivity index (χ2n) is 13.3. The van der Waals surface area contributed by atoms with E-state index in [1.165, 1.54) is 5.56 Å². The van der Waals surface area contributed by atoms with Crippen molar-refractivity contribution in [3.63, 3.8) is 0 Å². The second kappa shape index (κ2) is 21.7. The Morgan fingerprint density at radius 2 is 1.10 bits per heavy atom. The minimum atomic E-state index is -0.413. The fraction of sp³-hybridized carbons (Fsp3) is 0.400. The molecule has 49 heavy (non-hydrogen) atoms. The highest BCUT2D eigenvalue weighted by atomic mass is 79.9. The van der Waals surface area contributed by atoms with Crippen molar-refractivity contribution >= 4 is 27.9 Å². The normalized spacial score (nSPS) is 10.8. The third-order valence-electron chi connectivity index (χ3n) is 6.37. The van der Waals surface area contributed by atoms with Crippen LogP contribution in [0.5, 0.6) is 11.5 Å². The van der Waals surface area contributed by atoms with Gasteiger partial charge in [0.25, 0.3) is 0 Å². The number of esters is 2. The summed E-state index contributed by atoms with van der Waals surface area (Å²) < 4.78 is 16.2. The van der Waals surface area contributed by atoms with Crippen LogP contribution in [0.4, 0.5) is 0 Å². The van der Waals surface area contributed by atoms with Crippen LogP contribution in [0.25, 0.3) is 0 Å². The molecule has 0 fully saturated rings. The molecule has 0 bridgehead atoms. The largest absolute Gasteiger partial charge is 0.508 e. The molecule has 0 radical (unpaired) electrons. The molecule has 0 aliphatic rings. The summed E-state index contributed by atoms with van der Waals surface area (Å²) in [5.74, 6) is 0.784. The summed E-state index contributed by atoms with van der Waals surface area (Å²) in [5, 5.41) is 9.96. The van der Waals surface area contributed by atoms with Gasteiger partial charge in [-0.1, -0.05) is 52.3 Å². The number of aromatic hydroxyl groups is 1. The number of hydrogen-bond donors (Lipinski definition) is 1. The van der Waals surface area contributed by atoms with Gasteiger partial charge in [0.2, 0.25) is 0 Å². The van der Waals surface area contributed by atoms with Crippen LogP contribution in [0.3, 0.4) is 0 Å². The average molecular weight is 736 g/mol. The smallest absolute Gasteiger partial charge is 0.306 e. The predicted octanol–water partition coefficient (Wildman–Crippen LogP) is 9.36. The van der Waals surface area contributed by atoms with E-state index in [-0.39, 0.29) is 17.7 Å². The monoisotopic (exact) mass is 734 g/mol. The lowest BCUT2D eigenvalue weighted by atomic mass is 10.1. The fourth-order valence-corrected chi connectivity index (χ4v) is 4.52. The van der Waals surface area contributed by atoms with Gasteiger partial charge >= 0.3 is 11.9 Å². The van der Waals surface area contributed by atoms with Gasteiger partial charge in [-0.15, -0.1) is 0 Å². The molecule has 0 atom stereocenters. The summed E-state index contributed by atoms with van der Waals surface area (Å²) in [6.45, 7) is 11.7. The van der Waals surface area contributed by atoms with Crippen molar-refractivity contribution < 1.29 is 28.9 Å². The maximum Gasteiger partial charge on any atom is 0.306 e. The number of alkyl halides is 1. The van der Waals surface area contributed by atoms with E-state index in [1.807, 2.05) is 114 Å². The van der Waals surface area contributed by atoms with E-state index in [2.05, 4.69) is 25.9 Å². The molecule has 0 saturated carbocycles. The van der Waals surface area contributed by atoms with Crippen molar-refractivity contribution in [3.05, 3.63) is 120 Å². The fourth-order valence-electron chi connectivity index (χ4n) is 4.19. The van der Waals surface area contributed by atoms with E-state index < -0.39 is 11.2 Å². The molecule has 264 valence electrons. The number of carbonyl (C=O) groups is 2. The minimum absolute atomic E-state index is 0.141. The number of hydrogen-bond acceptors (Lipinski definition) is 8. The Kier molecular flexibility index (Phi) is 18.1. The lowest BCUT2D eigenvalue weighted by Gasteiger charge is -2.19. The van der Waals surface area contributed by atoms with E-state index in [0.29, 0.717) is 19.4 Å². The van der Waals surface area contributed by atoms with Crippen LogP contribution in [0.2, 0.25) is 0 Å². The Labute approximate surface area is 300 Å². The molecule has 0 saturated heterocycles. The number of benzene rings is 2. The van der Waals surface area contributed by atoms with Crippen molar-refractivity contribution in [1.29, 1.82) is 0 Å². The van der Waals surface area contributed by atoms with Gasteiger partial charge in [0.15, 0.2) is 0 Å². The quantitative estimate of drug-likeness (QED) is 0.113. The molecule has 4 aromatic rings. The van der Waals surface area contributed by atoms with Gasteiger partial charge in [-0.2, -0.15) is 0 Å². The summed E-state index contributed by atoms with van der Waals surface area (Å²) >= 11 is 3.29. The first kappa shape index (κ1) is 40.9. The van der Waals surface area contributed by atoms with Gasteiger partial charge in [0, 0.05) is 30.6 Å². The highest BCUT2D eigenvalue weighted by Crippen LogP contribution is 2.17. The van der Waals surface area contributed by atoms with Crippen LogP contribution >= 0.6 is 15.9 Å². The summed E-state index contributed by atoms with van der Waals surface area (Å²) in [6, 6.07) is 26.6. The zero-order valence-corrected chi connectivity index (χ0v) is 31.2. The Balaban J connectivity index is 0.000000288. The Bertz CT molecular complexity index is 1480. The lowest BCUT2D eigenvalue weighted by Crippen LogP contribution is -2.23. The second-order valence-corrected chi connectivity index (χ2v) is 13.8. The van der Waals surface area contributed by atoms with E-state index in [9.17, 15) is 9.59 Å². The highest BCUT2D eigenvalue weighted by molar-refractivity contribution is 9.08. The summed E-state index contributed by atoms with van der Waals surface area (Å²) in [5.41, 5.74) is 3.46. The summed E-state index contributed by atoms with van der Waals surface area (Å²) in [6.07, 6.45) is 7.62. The molecular weight excluding hydrogens is 684 g/mol. The van der Waals surface area contributed by atoms with Crippen LogP contribution in [0.15, 0.2) is 97.3 Å². The first-order valence-electron chi connectivity index (χ1n) is 16.5. The lowest BCUT2D eigenvalue weighted by molar-refractivity contribution is -0.156. The minimum Gasteiger partial charge on any atom is -0.508 e. The van der Waals surface area contributed by atoms with Gasteiger partial charge in [0.05, 0.1) is 11.4 Å². The zero-order chi connectivity index (χ0) is 36.1. The van der Waals surface area contributed by atoms with Crippen molar-refractivity contribution in [2.75, 3.05) is 0 Å². The maximum atomic E-state index is 11.7. The predicted molar refractivity (Wildman–Crippen MR) is 198 cm³/mol. The third-order valence-corrected chi connectivity index (χ3v) is 6.94. The number of ether oxygens (including phenoxy) is 3. The van der Waals surface area contributed by atoms with Crippen molar-refractivity contribution in [1.82, 2.24) is 9.97 Å². The van der Waals surface area contributed by atoms with Crippen LogP contribution in [0.1, 0.15) is 89.7 Å². The number of rotatable bonds is 12. The zero-order valence-electron chi connectivity index (χ0n) is 29.7. The molecule has 0 unspecified atom stereocenters. The third kappa shape index (κ3) is 20.7. The molecule has 2 aromatic heterocycles. The van der Waals surface area contributed by atoms with Gasteiger partial charge in [0.1, 0.15) is 29.3 Å². The molecule has 4 rings (SSSR count). The Morgan fingerprint density at radius 3 is 1.49 bits per heavy atom. The van der Waals surface area contributed by atoms with Crippen molar-refractivity contribution in [2.45, 2.75) is 103 Å². The number of nitrogens with zero attached hydrogens (tertiary/aromatic N) is 2. The van der Waals surface area contributed by atoms with Crippen molar-refractivity contribution in [2.24, 2.45) is 0 Å². The first-order valence-corrected chi connectivity index (χ1v) is 17.6. The standard InChI is InChI=1S/C20H25NO3.C14H20O3.C6H6BrN/c1-20(2,3)24-19(22)9-6-7-16-10-12-18(13-11-16)23-15-17-8-4-5-14-21-17;1-14(2,3)17-13(16)6-4-5-11-7-9-12(15)10-8-11;7-5-6-3-1-2-4-8-6/h4-5,8,10-14H,6-7,9,15H2,1-3H3;7-10,15H,4-6H2,1-3H3;1-4H,5H2. The van der Waals surface area contributed by atoms with Crippen LogP contribution in [-0.2, 0) is 43.8 Å². The van der Waals surface area contributed by atoms with Gasteiger partial charge in [-0.3, -0.25) is 19.6 Å². The molecule has 0 spiro atoms. The number of halogens is 1. The summed E-state index contributed by atoms with van der Waals surface area (Å²) in [7, 11) is 0. The van der Waals surface area contributed by atoms with E-state index >= 15 is 0 Å². The van der Waals surface area contributed by atoms with Crippen LogP contribution in [0, 0.1) is 0 Å². The maximum absolute atomic E-state index is 11.7. The van der Waals surface area contributed by atoms with Crippen LogP contribution in [-0.4, -0.2) is 38.2 Å². The number of phenolic OH excluding ortho intramolecular Hbond substituents is 1. The molecule has 9 heteroatoms. The van der Waals surface area contributed by atoms with Gasteiger partial charge in [-0.25, -0.2) is 0 Å². The molecule has 2 aromatic carbocycles. The average Bonchev–Trinajstić information content (AvgIpc) is 3.05. The number of aromatic nitrogens is 2. The van der Waals surface area contributed by atoms with Crippen LogP contribution < -0.4 is 4.74 Å². The molecule has 2 heterocycles. The summed E-state index contributed by atoms with van der Waals surface area (Å²) in [4.78, 5) is 31.4. The molecule has 1 N–H and O–H groups in total. The number of aryl methyl sites for hydroxylation is 2. The van der Waals surface area contributed by atoms with E-state index in [4.69, 9.17) is 19.3 Å². The first-order chi connectivity index (χ1) is 23.2. The number of carbonyl (C=O) groups excluding carboxylic acids is 2. The topological polar surface area (TPSA) is 108 Å². The van der Waals surface area contributed by atoms with E-state index in [1.54, 1.807) is 24.5 Å². The molecule has 0 aliphatic heterocycles. The molecular formula is C40H51BrN2O6. The Hall–Kier alpha value is -4.24.